The van der Waals surface area contributed by atoms with Crippen molar-refractivity contribution in [3.05, 3.63) is 11.6 Å². The highest BCUT2D eigenvalue weighted by molar-refractivity contribution is 5.16. The molecule has 1 rings (SSSR count). The third-order valence-corrected chi connectivity index (χ3v) is 2.58. The molecule has 70 valence electrons. The fourth-order valence-electron chi connectivity index (χ4n) is 1.71. The summed E-state index contributed by atoms with van der Waals surface area (Å²) in [5, 5.41) is 18.7. The van der Waals surface area contributed by atoms with Crippen LogP contribution in [0.2, 0.25) is 0 Å². The largest absolute Gasteiger partial charge is 0.396 e. The zero-order valence-corrected chi connectivity index (χ0v) is 7.71. The van der Waals surface area contributed by atoms with E-state index in [2.05, 4.69) is 6.08 Å². The summed E-state index contributed by atoms with van der Waals surface area (Å²) in [5.41, 5.74) is 0.345. The molecule has 0 aromatic carbocycles. The summed E-state index contributed by atoms with van der Waals surface area (Å²) in [5.74, 6) is 0. The van der Waals surface area contributed by atoms with Crippen molar-refractivity contribution in [3.63, 3.8) is 0 Å². The Balaban J connectivity index is 2.59. The highest BCUT2D eigenvalue weighted by Gasteiger charge is 2.25. The first-order chi connectivity index (χ1) is 5.67. The first kappa shape index (κ1) is 9.75. The van der Waals surface area contributed by atoms with E-state index in [0.717, 1.165) is 18.4 Å². The Morgan fingerprint density at radius 3 is 2.75 bits per heavy atom. The summed E-state index contributed by atoms with van der Waals surface area (Å²) < 4.78 is 0. The van der Waals surface area contributed by atoms with Crippen LogP contribution < -0.4 is 0 Å². The lowest BCUT2D eigenvalue weighted by molar-refractivity contribution is 0.0629. The molecular formula is C10H18O2. The summed E-state index contributed by atoms with van der Waals surface area (Å²) in [4.78, 5) is 0. The molecule has 0 saturated heterocycles. The van der Waals surface area contributed by atoms with E-state index in [1.807, 2.05) is 0 Å². The van der Waals surface area contributed by atoms with Gasteiger partial charge in [-0.05, 0) is 38.2 Å². The van der Waals surface area contributed by atoms with Gasteiger partial charge in [0.2, 0.25) is 0 Å². The number of allylic oxidation sites excluding steroid dienone is 1. The number of aliphatic hydroxyl groups is 2. The molecule has 2 heteroatoms. The van der Waals surface area contributed by atoms with E-state index >= 15 is 0 Å². The quantitative estimate of drug-likeness (QED) is 0.632. The Hall–Kier alpha value is -0.340. The zero-order valence-electron chi connectivity index (χ0n) is 7.71. The molecule has 12 heavy (non-hydrogen) atoms. The van der Waals surface area contributed by atoms with Gasteiger partial charge in [0.05, 0.1) is 5.60 Å². The molecule has 0 bridgehead atoms. The minimum atomic E-state index is -0.769. The molecular weight excluding hydrogens is 152 g/mol. The summed E-state index contributed by atoms with van der Waals surface area (Å²) in [6.07, 6.45) is 7.06. The van der Waals surface area contributed by atoms with Gasteiger partial charge in [-0.25, -0.2) is 0 Å². The van der Waals surface area contributed by atoms with Crippen LogP contribution in [0.5, 0.6) is 0 Å². The molecule has 2 nitrogen and oxygen atoms in total. The van der Waals surface area contributed by atoms with Gasteiger partial charge in [0.25, 0.3) is 0 Å². The minimum Gasteiger partial charge on any atom is -0.396 e. The van der Waals surface area contributed by atoms with Crippen LogP contribution in [-0.4, -0.2) is 22.4 Å². The van der Waals surface area contributed by atoms with Gasteiger partial charge in [0.15, 0.2) is 0 Å². The molecule has 0 fully saturated rings. The van der Waals surface area contributed by atoms with Crippen molar-refractivity contribution in [1.82, 2.24) is 0 Å². The fourth-order valence-corrected chi connectivity index (χ4v) is 1.71. The zero-order chi connectivity index (χ0) is 9.03. The van der Waals surface area contributed by atoms with Crippen LogP contribution in [0.15, 0.2) is 11.6 Å². The van der Waals surface area contributed by atoms with Crippen LogP contribution in [0.25, 0.3) is 0 Å². The molecule has 1 aliphatic carbocycles. The third kappa shape index (κ3) is 2.32. The number of rotatable bonds is 3. The monoisotopic (exact) mass is 170 g/mol. The van der Waals surface area contributed by atoms with Crippen molar-refractivity contribution in [2.24, 2.45) is 0 Å². The van der Waals surface area contributed by atoms with Crippen molar-refractivity contribution < 1.29 is 10.2 Å². The lowest BCUT2D eigenvalue weighted by Crippen LogP contribution is -2.29. The summed E-state index contributed by atoms with van der Waals surface area (Å²) >= 11 is 0. The SMILES string of the molecule is CC(O)(CCO)C1=CCCCC1. The number of hydrogen-bond donors (Lipinski definition) is 2. The molecule has 1 aliphatic rings. The maximum atomic E-state index is 9.91. The molecule has 0 spiro atoms. The van der Waals surface area contributed by atoms with Crippen molar-refractivity contribution in [1.29, 1.82) is 0 Å². The van der Waals surface area contributed by atoms with Gasteiger partial charge in [0, 0.05) is 13.0 Å². The van der Waals surface area contributed by atoms with Crippen LogP contribution >= 0.6 is 0 Å². The van der Waals surface area contributed by atoms with Crippen LogP contribution in [0, 0.1) is 0 Å². The molecule has 1 atom stereocenters. The van der Waals surface area contributed by atoms with Crippen molar-refractivity contribution in [2.45, 2.75) is 44.6 Å². The first-order valence-corrected chi connectivity index (χ1v) is 4.69. The van der Waals surface area contributed by atoms with E-state index < -0.39 is 5.60 Å². The van der Waals surface area contributed by atoms with E-state index in [1.165, 1.54) is 12.8 Å². The first-order valence-electron chi connectivity index (χ1n) is 4.69. The van der Waals surface area contributed by atoms with E-state index in [4.69, 9.17) is 5.11 Å². The highest BCUT2D eigenvalue weighted by Crippen LogP contribution is 2.29. The molecule has 0 aromatic rings. The van der Waals surface area contributed by atoms with Gasteiger partial charge in [-0.1, -0.05) is 6.08 Å². The number of aliphatic hydroxyl groups excluding tert-OH is 1. The molecule has 0 aliphatic heterocycles. The molecule has 0 radical (unpaired) electrons. The summed E-state index contributed by atoms with van der Waals surface area (Å²) in [6, 6.07) is 0. The van der Waals surface area contributed by atoms with Crippen molar-refractivity contribution >= 4 is 0 Å². The van der Waals surface area contributed by atoms with E-state index in [-0.39, 0.29) is 6.61 Å². The normalized spacial score (nSPS) is 23.1. The Kier molecular flexibility index (Phi) is 3.29. The van der Waals surface area contributed by atoms with E-state index in [1.54, 1.807) is 6.92 Å². The second kappa shape index (κ2) is 4.06. The van der Waals surface area contributed by atoms with Crippen LogP contribution in [0.4, 0.5) is 0 Å². The summed E-state index contributed by atoms with van der Waals surface area (Å²) in [6.45, 7) is 1.85. The lowest BCUT2D eigenvalue weighted by Gasteiger charge is -2.28. The molecule has 1 unspecified atom stereocenters. The average Bonchev–Trinajstić information content (AvgIpc) is 2.06. The fraction of sp³-hybridized carbons (Fsp3) is 0.800. The van der Waals surface area contributed by atoms with Crippen molar-refractivity contribution in [3.8, 4) is 0 Å². The molecule has 0 aromatic heterocycles. The molecule has 2 N–H and O–H groups in total. The second-order valence-electron chi connectivity index (χ2n) is 3.72. The lowest BCUT2D eigenvalue weighted by atomic mass is 9.85. The maximum absolute atomic E-state index is 9.91. The van der Waals surface area contributed by atoms with Gasteiger partial charge in [0.1, 0.15) is 0 Å². The van der Waals surface area contributed by atoms with Gasteiger partial charge >= 0.3 is 0 Å². The Morgan fingerprint density at radius 1 is 1.50 bits per heavy atom. The van der Waals surface area contributed by atoms with Crippen LogP contribution in [-0.2, 0) is 0 Å². The predicted molar refractivity (Wildman–Crippen MR) is 48.9 cm³/mol. The Morgan fingerprint density at radius 2 is 2.25 bits per heavy atom. The molecule has 0 amide bonds. The van der Waals surface area contributed by atoms with Gasteiger partial charge in [-0.15, -0.1) is 0 Å². The third-order valence-electron chi connectivity index (χ3n) is 2.58. The maximum Gasteiger partial charge on any atom is 0.0850 e. The topological polar surface area (TPSA) is 40.5 Å². The van der Waals surface area contributed by atoms with Crippen LogP contribution in [0.1, 0.15) is 39.0 Å². The van der Waals surface area contributed by atoms with Gasteiger partial charge in [-0.2, -0.15) is 0 Å². The smallest absolute Gasteiger partial charge is 0.0850 e. The highest BCUT2D eigenvalue weighted by atomic mass is 16.3. The Bertz CT molecular complexity index is 171. The average molecular weight is 170 g/mol. The van der Waals surface area contributed by atoms with E-state index in [9.17, 15) is 5.11 Å². The predicted octanol–water partition coefficient (Wildman–Crippen LogP) is 1.62. The molecule has 0 saturated carbocycles. The van der Waals surface area contributed by atoms with Crippen molar-refractivity contribution in [2.75, 3.05) is 6.61 Å². The molecule has 0 heterocycles. The van der Waals surface area contributed by atoms with Gasteiger partial charge in [-0.3, -0.25) is 0 Å². The Labute approximate surface area is 73.9 Å². The van der Waals surface area contributed by atoms with Gasteiger partial charge < -0.3 is 10.2 Å². The van der Waals surface area contributed by atoms with Crippen LogP contribution in [0.3, 0.4) is 0 Å². The minimum absolute atomic E-state index is 0.0599. The van der Waals surface area contributed by atoms with E-state index in [0.29, 0.717) is 6.42 Å². The number of hydrogen-bond acceptors (Lipinski definition) is 2. The standard InChI is InChI=1S/C10H18O2/c1-10(12,7-8-11)9-5-3-2-4-6-9/h5,11-12H,2-4,6-8H2,1H3. The summed E-state index contributed by atoms with van der Waals surface area (Å²) in [7, 11) is 0. The second-order valence-corrected chi connectivity index (χ2v) is 3.72.